The summed E-state index contributed by atoms with van der Waals surface area (Å²) in [5, 5.41) is 0.515. The summed E-state index contributed by atoms with van der Waals surface area (Å²) in [5.74, 6) is -3.24. The van der Waals surface area contributed by atoms with Crippen molar-refractivity contribution in [1.82, 2.24) is 14.1 Å². The smallest absolute Gasteiger partial charge is 0.265 e. The van der Waals surface area contributed by atoms with Crippen LogP contribution in [-0.2, 0) is 26.0 Å². The van der Waals surface area contributed by atoms with E-state index >= 15 is 0 Å². The van der Waals surface area contributed by atoms with Crippen LogP contribution >= 0.6 is 11.6 Å². The highest BCUT2D eigenvalue weighted by Crippen LogP contribution is 2.34. The second kappa shape index (κ2) is 8.99. The van der Waals surface area contributed by atoms with Crippen molar-refractivity contribution in [3.8, 4) is 0 Å². The molecule has 2 aromatic rings. The number of benzene rings is 2. The highest BCUT2D eigenvalue weighted by atomic mass is 35.5. The summed E-state index contributed by atoms with van der Waals surface area (Å²) in [4.78, 5) is 28.4. The predicted molar refractivity (Wildman–Crippen MR) is 121 cm³/mol. The zero-order chi connectivity index (χ0) is 24.8. The Hall–Kier alpha value is -2.98. The predicted octanol–water partition coefficient (Wildman–Crippen LogP) is 3.50. The molecule has 0 aliphatic carbocycles. The van der Waals surface area contributed by atoms with Crippen molar-refractivity contribution in [1.29, 1.82) is 0 Å². The fraction of sp³-hybridized carbons (Fsp3) is 0.304. The number of halogens is 3. The second-order valence-corrected chi connectivity index (χ2v) is 10.6. The Kier molecular flexibility index (Phi) is 6.39. The fourth-order valence-electron chi connectivity index (χ4n) is 4.04. The molecule has 0 radical (unpaired) electrons. The Bertz CT molecular complexity index is 1280. The Morgan fingerprint density at radius 1 is 1.06 bits per heavy atom. The van der Waals surface area contributed by atoms with E-state index in [1.807, 2.05) is 0 Å². The molecule has 2 amide bonds. The molecule has 0 N–H and O–H groups in total. The van der Waals surface area contributed by atoms with Crippen molar-refractivity contribution in [3.05, 3.63) is 76.7 Å². The van der Waals surface area contributed by atoms with Crippen LogP contribution in [0.1, 0.15) is 25.8 Å². The maximum Gasteiger partial charge on any atom is 0.265 e. The number of carbonyl (C=O) groups is 2. The molecule has 0 bridgehead atoms. The lowest BCUT2D eigenvalue weighted by molar-refractivity contribution is -0.148. The van der Waals surface area contributed by atoms with Gasteiger partial charge in [-0.1, -0.05) is 23.7 Å². The van der Waals surface area contributed by atoms with Crippen LogP contribution in [0.3, 0.4) is 0 Å². The van der Waals surface area contributed by atoms with Gasteiger partial charge >= 0.3 is 0 Å². The number of carbonyl (C=O) groups excluding carboxylic acids is 2. The lowest BCUT2D eigenvalue weighted by atomic mass is 10.00. The first-order valence-electron chi connectivity index (χ1n) is 10.6. The first-order chi connectivity index (χ1) is 16.0. The molecule has 0 aromatic heterocycles. The van der Waals surface area contributed by atoms with E-state index < -0.39 is 38.5 Å². The van der Waals surface area contributed by atoms with Crippen molar-refractivity contribution in [2.75, 3.05) is 6.54 Å². The van der Waals surface area contributed by atoms with E-state index in [9.17, 15) is 26.8 Å². The minimum absolute atomic E-state index is 0.00625. The minimum Gasteiger partial charge on any atom is -0.311 e. The van der Waals surface area contributed by atoms with Crippen molar-refractivity contribution >= 4 is 33.4 Å². The van der Waals surface area contributed by atoms with E-state index in [0.29, 0.717) is 11.1 Å². The summed E-state index contributed by atoms with van der Waals surface area (Å²) in [6.07, 6.45) is 1.30. The van der Waals surface area contributed by atoms with Gasteiger partial charge in [0.05, 0.1) is 4.90 Å². The SMILES string of the molecule is CC(C)N1C=C2N(C(=O)CCN2S(=O)(=O)c2ccc(F)c(F)c2)C(Cc2ccc(Cl)cc2)C1=O. The van der Waals surface area contributed by atoms with E-state index in [0.717, 1.165) is 22.0 Å². The molecule has 34 heavy (non-hydrogen) atoms. The van der Waals surface area contributed by atoms with Crippen LogP contribution in [0.2, 0.25) is 5.02 Å². The maximum absolute atomic E-state index is 13.8. The molecule has 7 nitrogen and oxygen atoms in total. The van der Waals surface area contributed by atoms with Gasteiger partial charge < -0.3 is 4.90 Å². The number of rotatable bonds is 5. The van der Waals surface area contributed by atoms with Crippen molar-refractivity contribution < 1.29 is 26.8 Å². The van der Waals surface area contributed by atoms with Gasteiger partial charge in [-0.15, -0.1) is 0 Å². The van der Waals surface area contributed by atoms with E-state index in [1.165, 1.54) is 16.0 Å². The highest BCUT2D eigenvalue weighted by molar-refractivity contribution is 7.89. The summed E-state index contributed by atoms with van der Waals surface area (Å²) in [6, 6.07) is 7.80. The lowest BCUT2D eigenvalue weighted by Crippen LogP contribution is -2.61. The van der Waals surface area contributed by atoms with Crippen molar-refractivity contribution in [3.63, 3.8) is 0 Å². The number of hydrogen-bond donors (Lipinski definition) is 0. The van der Waals surface area contributed by atoms with Gasteiger partial charge in [0.15, 0.2) is 11.6 Å². The number of hydrogen-bond acceptors (Lipinski definition) is 4. The zero-order valence-electron chi connectivity index (χ0n) is 18.4. The minimum atomic E-state index is -4.35. The van der Waals surface area contributed by atoms with E-state index in [1.54, 1.807) is 38.1 Å². The molecule has 1 unspecified atom stereocenters. The lowest BCUT2D eigenvalue weighted by Gasteiger charge is -2.46. The summed E-state index contributed by atoms with van der Waals surface area (Å²) in [6.45, 7) is 3.34. The fourth-order valence-corrected chi connectivity index (χ4v) is 5.63. The molecule has 11 heteroatoms. The van der Waals surface area contributed by atoms with Crippen LogP contribution in [0.15, 0.2) is 59.4 Å². The number of sulfonamides is 1. The van der Waals surface area contributed by atoms with Crippen LogP contribution in [-0.4, -0.2) is 53.0 Å². The molecule has 2 aliphatic rings. The molecular weight excluding hydrogens is 488 g/mol. The third-order valence-electron chi connectivity index (χ3n) is 5.78. The monoisotopic (exact) mass is 509 g/mol. The average molecular weight is 510 g/mol. The third-order valence-corrected chi connectivity index (χ3v) is 7.83. The largest absolute Gasteiger partial charge is 0.311 e. The summed E-state index contributed by atoms with van der Waals surface area (Å²) >= 11 is 5.96. The summed E-state index contributed by atoms with van der Waals surface area (Å²) in [5.41, 5.74) is 0.737. The number of amides is 2. The first kappa shape index (κ1) is 24.2. The quantitative estimate of drug-likeness (QED) is 0.618. The molecule has 2 aromatic carbocycles. The van der Waals surface area contributed by atoms with Crippen LogP contribution in [0.25, 0.3) is 0 Å². The van der Waals surface area contributed by atoms with Gasteiger partial charge in [0.1, 0.15) is 11.9 Å². The summed E-state index contributed by atoms with van der Waals surface area (Å²) in [7, 11) is -4.35. The normalized spacial score (nSPS) is 18.9. The molecule has 1 atom stereocenters. The molecule has 0 spiro atoms. The zero-order valence-corrected chi connectivity index (χ0v) is 20.0. The Morgan fingerprint density at radius 2 is 1.74 bits per heavy atom. The first-order valence-corrected chi connectivity index (χ1v) is 12.4. The molecule has 2 aliphatic heterocycles. The van der Waals surface area contributed by atoms with Crippen LogP contribution in [0.4, 0.5) is 8.78 Å². The number of nitrogens with zero attached hydrogens (tertiary/aromatic N) is 3. The van der Waals surface area contributed by atoms with Gasteiger partial charge in [-0.2, -0.15) is 0 Å². The molecule has 180 valence electrons. The topological polar surface area (TPSA) is 78.0 Å². The van der Waals surface area contributed by atoms with Crippen LogP contribution in [0, 0.1) is 11.6 Å². The van der Waals surface area contributed by atoms with Crippen molar-refractivity contribution in [2.24, 2.45) is 0 Å². The molecule has 4 rings (SSSR count). The average Bonchev–Trinajstić information content (AvgIpc) is 2.78. The second-order valence-electron chi connectivity index (χ2n) is 8.34. The molecule has 2 heterocycles. The van der Waals surface area contributed by atoms with E-state index in [4.69, 9.17) is 11.6 Å². The summed E-state index contributed by atoms with van der Waals surface area (Å²) < 4.78 is 55.0. The maximum atomic E-state index is 13.8. The molecular formula is C23H22ClF2N3O4S. The molecule has 1 fully saturated rings. The number of fused-ring (bicyclic) bond motifs is 1. The molecule has 0 saturated carbocycles. The standard InChI is InChI=1S/C23H22ClF2N3O4S/c1-14(2)27-13-21-28(34(32,33)17-7-8-18(25)19(26)12-17)10-9-22(30)29(21)20(23(27)31)11-15-3-5-16(24)6-4-15/h3-8,12-14,20H,9-11H2,1-2H3. The van der Waals surface area contributed by atoms with E-state index in [2.05, 4.69) is 0 Å². The molecule has 1 saturated heterocycles. The van der Waals surface area contributed by atoms with Crippen LogP contribution in [0.5, 0.6) is 0 Å². The third kappa shape index (κ3) is 4.27. The van der Waals surface area contributed by atoms with Gasteiger partial charge in [0.25, 0.3) is 10.0 Å². The van der Waals surface area contributed by atoms with Gasteiger partial charge in [-0.05, 0) is 49.7 Å². The Labute approximate surface area is 201 Å². The Morgan fingerprint density at radius 3 is 2.35 bits per heavy atom. The van der Waals surface area contributed by atoms with Gasteiger partial charge in [0, 0.05) is 36.7 Å². The van der Waals surface area contributed by atoms with Gasteiger partial charge in [0.2, 0.25) is 11.8 Å². The van der Waals surface area contributed by atoms with E-state index in [-0.39, 0.29) is 37.2 Å². The Balaban J connectivity index is 1.80. The van der Waals surface area contributed by atoms with Gasteiger partial charge in [-0.25, -0.2) is 21.5 Å². The van der Waals surface area contributed by atoms with Crippen molar-refractivity contribution in [2.45, 2.75) is 43.7 Å². The highest BCUT2D eigenvalue weighted by Gasteiger charge is 2.46. The van der Waals surface area contributed by atoms with Gasteiger partial charge in [-0.3, -0.25) is 14.5 Å². The van der Waals surface area contributed by atoms with Crippen LogP contribution < -0.4 is 0 Å².